The van der Waals surface area contributed by atoms with Crippen LogP contribution in [0.5, 0.6) is 0 Å². The Bertz CT molecular complexity index is 1620. The second-order valence-corrected chi connectivity index (χ2v) is 10.1. The lowest BCUT2D eigenvalue weighted by Gasteiger charge is -2.26. The number of rotatable bonds is 10. The third kappa shape index (κ3) is 6.01. The molecule has 1 amide bonds. The number of nitrogens with one attached hydrogen (secondary N) is 2. The van der Waals surface area contributed by atoms with Crippen LogP contribution in [-0.2, 0) is 11.2 Å². The number of benzene rings is 2. The van der Waals surface area contributed by atoms with Gasteiger partial charge in [0.15, 0.2) is 5.11 Å². The molecule has 0 aliphatic carbocycles. The molecule has 0 radical (unpaired) electrons. The first-order valence-corrected chi connectivity index (χ1v) is 13.7. The van der Waals surface area contributed by atoms with E-state index in [2.05, 4.69) is 15.6 Å². The molecule has 2 aromatic heterocycles. The molecule has 0 unspecified atom stereocenters. The third-order valence-corrected chi connectivity index (χ3v) is 7.43. The van der Waals surface area contributed by atoms with Gasteiger partial charge in [-0.25, -0.2) is 9.59 Å². The predicted molar refractivity (Wildman–Crippen MR) is 159 cm³/mol. The molecule has 4 N–H and O–H groups in total. The van der Waals surface area contributed by atoms with Crippen LogP contribution in [0.25, 0.3) is 11.3 Å². The maximum atomic E-state index is 13.0. The van der Waals surface area contributed by atoms with E-state index in [-0.39, 0.29) is 30.0 Å². The molecule has 1 fully saturated rings. The van der Waals surface area contributed by atoms with Gasteiger partial charge in [0.05, 0.1) is 22.9 Å². The Morgan fingerprint density at radius 2 is 1.71 bits per heavy atom. The summed E-state index contributed by atoms with van der Waals surface area (Å²) in [4.78, 5) is 42.6. The minimum absolute atomic E-state index is 0.154. The summed E-state index contributed by atoms with van der Waals surface area (Å²) in [5, 5.41) is 25.7. The molecule has 1 aliphatic heterocycles. The Labute approximate surface area is 247 Å². The Morgan fingerprint density at radius 1 is 1.00 bits per heavy atom. The summed E-state index contributed by atoms with van der Waals surface area (Å²) in [6.07, 6.45) is 2.62. The largest absolute Gasteiger partial charge is 0.478 e. The van der Waals surface area contributed by atoms with Gasteiger partial charge >= 0.3 is 11.9 Å². The number of carboxylic acids is 2. The number of amides is 1. The van der Waals surface area contributed by atoms with Crippen molar-refractivity contribution in [3.05, 3.63) is 107 Å². The number of aromatic carboxylic acids is 2. The van der Waals surface area contributed by atoms with Gasteiger partial charge in [0.25, 0.3) is 0 Å². The predicted octanol–water partition coefficient (Wildman–Crippen LogP) is 5.30. The summed E-state index contributed by atoms with van der Waals surface area (Å²) in [5.74, 6) is -1.88. The summed E-state index contributed by atoms with van der Waals surface area (Å²) < 4.78 is 6.23. The van der Waals surface area contributed by atoms with Crippen molar-refractivity contribution in [3.8, 4) is 11.3 Å². The molecule has 2 atom stereocenters. The van der Waals surface area contributed by atoms with Gasteiger partial charge in [-0.15, -0.1) is 0 Å². The Morgan fingerprint density at radius 3 is 2.38 bits per heavy atom. The van der Waals surface area contributed by atoms with Gasteiger partial charge < -0.3 is 30.2 Å². The normalized spacial score (nSPS) is 16.2. The molecular formula is C31H28N4O6S. The van der Waals surface area contributed by atoms with Gasteiger partial charge in [0.1, 0.15) is 17.6 Å². The number of nitrogens with zero attached hydrogens (tertiary/aromatic N) is 2. The fraction of sp³-hybridized carbons (Fsp3) is 0.194. The van der Waals surface area contributed by atoms with Crippen LogP contribution in [0.3, 0.4) is 0 Å². The van der Waals surface area contributed by atoms with Gasteiger partial charge in [-0.3, -0.25) is 9.78 Å². The Hall–Kier alpha value is -5.03. The van der Waals surface area contributed by atoms with Crippen LogP contribution in [0.4, 0.5) is 5.69 Å². The summed E-state index contributed by atoms with van der Waals surface area (Å²) in [5.41, 5.74) is 2.49. The number of pyridine rings is 1. The molecule has 2 aromatic carbocycles. The van der Waals surface area contributed by atoms with Crippen molar-refractivity contribution in [2.75, 3.05) is 11.9 Å². The zero-order chi connectivity index (χ0) is 29.8. The zero-order valence-corrected chi connectivity index (χ0v) is 23.4. The van der Waals surface area contributed by atoms with Crippen LogP contribution in [0.15, 0.2) is 83.4 Å². The minimum Gasteiger partial charge on any atom is -0.478 e. The van der Waals surface area contributed by atoms with Crippen molar-refractivity contribution in [3.63, 3.8) is 0 Å². The Kier molecular flexibility index (Phi) is 8.30. The van der Waals surface area contributed by atoms with E-state index in [1.807, 2.05) is 54.3 Å². The van der Waals surface area contributed by atoms with Crippen molar-refractivity contribution >= 4 is 40.9 Å². The number of hydrogen-bond donors (Lipinski definition) is 4. The number of aromatic nitrogens is 1. The van der Waals surface area contributed by atoms with Gasteiger partial charge in [0, 0.05) is 30.4 Å². The van der Waals surface area contributed by atoms with Crippen LogP contribution in [0.2, 0.25) is 0 Å². The Balaban J connectivity index is 1.44. The number of aryl methyl sites for hydroxylation is 1. The molecule has 3 heterocycles. The third-order valence-electron chi connectivity index (χ3n) is 7.08. The smallest absolute Gasteiger partial charge is 0.335 e. The van der Waals surface area contributed by atoms with Gasteiger partial charge in [-0.05, 0) is 72.7 Å². The zero-order valence-electron chi connectivity index (χ0n) is 22.6. The van der Waals surface area contributed by atoms with Crippen molar-refractivity contribution in [1.29, 1.82) is 0 Å². The lowest BCUT2D eigenvalue weighted by Crippen LogP contribution is -2.32. The molecule has 214 valence electrons. The van der Waals surface area contributed by atoms with E-state index in [1.165, 1.54) is 12.1 Å². The quantitative estimate of drug-likeness (QED) is 0.181. The van der Waals surface area contributed by atoms with E-state index >= 15 is 0 Å². The topological polar surface area (TPSA) is 145 Å². The van der Waals surface area contributed by atoms with Crippen LogP contribution in [-0.4, -0.2) is 49.6 Å². The molecule has 1 aliphatic rings. The SMILES string of the molecule is CCc1ccccc1NC(=O)CCN1C(=S)N[C@H](c2ccccn2)[C@H]1c1ccc(-c2cc(C(=O)O)cc(C(=O)O)c2)o1. The second kappa shape index (κ2) is 12.2. The highest BCUT2D eigenvalue weighted by molar-refractivity contribution is 7.80. The number of furan rings is 1. The van der Waals surface area contributed by atoms with Crippen molar-refractivity contribution < 1.29 is 29.0 Å². The van der Waals surface area contributed by atoms with E-state index < -0.39 is 24.0 Å². The highest BCUT2D eigenvalue weighted by Gasteiger charge is 2.41. The molecule has 0 bridgehead atoms. The van der Waals surface area contributed by atoms with E-state index in [0.717, 1.165) is 23.7 Å². The molecule has 0 saturated carbocycles. The van der Waals surface area contributed by atoms with Crippen LogP contribution in [0, 0.1) is 0 Å². The lowest BCUT2D eigenvalue weighted by atomic mass is 10.0. The summed E-state index contributed by atoms with van der Waals surface area (Å²) in [6, 6.07) is 19.5. The molecule has 42 heavy (non-hydrogen) atoms. The molecule has 11 heteroatoms. The molecule has 0 spiro atoms. The van der Waals surface area contributed by atoms with Crippen LogP contribution < -0.4 is 10.6 Å². The highest BCUT2D eigenvalue weighted by atomic mass is 32.1. The number of carbonyl (C=O) groups excluding carboxylic acids is 1. The number of para-hydroxylation sites is 1. The highest BCUT2D eigenvalue weighted by Crippen LogP contribution is 2.40. The first-order chi connectivity index (χ1) is 20.2. The fourth-order valence-electron chi connectivity index (χ4n) is 5.02. The monoisotopic (exact) mass is 584 g/mol. The number of hydrogen-bond acceptors (Lipinski definition) is 6. The average Bonchev–Trinajstić information content (AvgIpc) is 3.61. The first-order valence-electron chi connectivity index (χ1n) is 13.3. The molecule has 1 saturated heterocycles. The molecular weight excluding hydrogens is 556 g/mol. The van der Waals surface area contributed by atoms with E-state index in [4.69, 9.17) is 16.6 Å². The molecule has 10 nitrogen and oxygen atoms in total. The van der Waals surface area contributed by atoms with Crippen LogP contribution in [0.1, 0.15) is 63.2 Å². The van der Waals surface area contributed by atoms with E-state index in [0.29, 0.717) is 27.9 Å². The lowest BCUT2D eigenvalue weighted by molar-refractivity contribution is -0.116. The second-order valence-electron chi connectivity index (χ2n) is 9.74. The van der Waals surface area contributed by atoms with Crippen molar-refractivity contribution in [1.82, 2.24) is 15.2 Å². The molecule has 4 aromatic rings. The average molecular weight is 585 g/mol. The number of anilines is 1. The summed E-state index contributed by atoms with van der Waals surface area (Å²) >= 11 is 5.69. The fourth-order valence-corrected chi connectivity index (χ4v) is 5.36. The maximum absolute atomic E-state index is 13.0. The summed E-state index contributed by atoms with van der Waals surface area (Å²) in [6.45, 7) is 2.31. The first kappa shape index (κ1) is 28.5. The molecule has 5 rings (SSSR count). The minimum atomic E-state index is -1.25. The number of carbonyl (C=O) groups is 3. The van der Waals surface area contributed by atoms with E-state index in [9.17, 15) is 24.6 Å². The maximum Gasteiger partial charge on any atom is 0.335 e. The number of thiocarbonyl (C=S) groups is 1. The summed E-state index contributed by atoms with van der Waals surface area (Å²) in [7, 11) is 0. The standard InChI is InChI=1S/C31H28N4O6S/c1-2-18-7-3-4-8-22(18)33-26(36)12-14-35-28(27(34-31(35)42)23-9-5-6-13-32-23)25-11-10-24(41-25)19-15-20(29(37)38)17-21(16-19)30(39)40/h3-11,13,15-17,27-28H,2,12,14H2,1H3,(H,33,36)(H,34,42)(H,37,38)(H,39,40)/t27-,28-/m1/s1. The van der Waals surface area contributed by atoms with Gasteiger partial charge in [-0.1, -0.05) is 31.2 Å². The van der Waals surface area contributed by atoms with Crippen molar-refractivity contribution in [2.45, 2.75) is 31.8 Å². The van der Waals surface area contributed by atoms with E-state index in [1.54, 1.807) is 18.3 Å². The number of carboxylic acid groups (broad SMARTS) is 2. The van der Waals surface area contributed by atoms with Crippen molar-refractivity contribution in [2.24, 2.45) is 0 Å². The van der Waals surface area contributed by atoms with Gasteiger partial charge in [-0.2, -0.15) is 0 Å². The van der Waals surface area contributed by atoms with Crippen LogP contribution >= 0.6 is 12.2 Å². The van der Waals surface area contributed by atoms with Gasteiger partial charge in [0.2, 0.25) is 5.91 Å².